The molecule has 0 radical (unpaired) electrons. The molecule has 1 aliphatic rings. The second-order valence-electron chi connectivity index (χ2n) is 5.50. The second-order valence-corrected chi connectivity index (χ2v) is 5.50. The van der Waals surface area contributed by atoms with Crippen LogP contribution in [-0.4, -0.2) is 42.8 Å². The highest BCUT2D eigenvalue weighted by molar-refractivity contribution is 5.68. The fourth-order valence-corrected chi connectivity index (χ4v) is 2.62. The van der Waals surface area contributed by atoms with Gasteiger partial charge in [-0.25, -0.2) is 9.18 Å². The van der Waals surface area contributed by atoms with Crippen LogP contribution >= 0.6 is 0 Å². The van der Waals surface area contributed by atoms with Crippen LogP contribution in [0.5, 0.6) is 5.75 Å². The molecule has 6 heteroatoms. The number of nitrogens with one attached hydrogen (secondary N) is 1. The molecule has 0 saturated carbocycles. The number of hydrogen-bond acceptors (Lipinski definition) is 4. The molecule has 0 aliphatic carbocycles. The third kappa shape index (κ3) is 3.88. The summed E-state index contributed by atoms with van der Waals surface area (Å²) < 4.78 is 24.4. The minimum atomic E-state index is -0.414. The van der Waals surface area contributed by atoms with E-state index in [-0.39, 0.29) is 18.7 Å². The van der Waals surface area contributed by atoms with Crippen LogP contribution in [0.25, 0.3) is 0 Å². The largest absolute Gasteiger partial charge is 0.494 e. The summed E-state index contributed by atoms with van der Waals surface area (Å²) in [6, 6.07) is 4.55. The maximum absolute atomic E-state index is 13.8. The monoisotopic (exact) mass is 310 g/mol. The van der Waals surface area contributed by atoms with Gasteiger partial charge in [0.25, 0.3) is 0 Å². The number of hydrogen-bond donors (Lipinski definition) is 1. The lowest BCUT2D eigenvalue weighted by atomic mass is 10.1. The Balaban J connectivity index is 1.99. The van der Waals surface area contributed by atoms with Crippen molar-refractivity contribution in [2.75, 3.05) is 19.7 Å². The van der Waals surface area contributed by atoms with Crippen molar-refractivity contribution in [3.8, 4) is 5.75 Å². The van der Waals surface area contributed by atoms with E-state index in [1.54, 1.807) is 17.0 Å². The van der Waals surface area contributed by atoms with E-state index in [0.717, 1.165) is 13.1 Å². The van der Waals surface area contributed by atoms with E-state index in [1.807, 2.05) is 20.8 Å². The third-order valence-electron chi connectivity index (χ3n) is 3.72. The highest BCUT2D eigenvalue weighted by Gasteiger charge is 2.30. The molecule has 2 unspecified atom stereocenters. The van der Waals surface area contributed by atoms with Gasteiger partial charge in [0, 0.05) is 30.7 Å². The molecule has 0 spiro atoms. The summed E-state index contributed by atoms with van der Waals surface area (Å²) in [6.45, 7) is 7.63. The Labute approximate surface area is 130 Å². The molecule has 1 heterocycles. The normalized spacial score (nSPS) is 21.5. The maximum atomic E-state index is 13.8. The molecule has 1 aromatic carbocycles. The summed E-state index contributed by atoms with van der Waals surface area (Å²) in [5, 5.41) is 3.25. The fourth-order valence-electron chi connectivity index (χ4n) is 2.62. The zero-order valence-electron chi connectivity index (χ0n) is 13.3. The Morgan fingerprint density at radius 3 is 2.68 bits per heavy atom. The van der Waals surface area contributed by atoms with Gasteiger partial charge in [0.15, 0.2) is 0 Å². The van der Waals surface area contributed by atoms with E-state index in [0.29, 0.717) is 17.9 Å². The van der Waals surface area contributed by atoms with Crippen molar-refractivity contribution in [2.45, 2.75) is 39.5 Å². The lowest BCUT2D eigenvalue weighted by molar-refractivity contribution is 0.0557. The number of amides is 1. The molecule has 1 fully saturated rings. The van der Waals surface area contributed by atoms with E-state index in [9.17, 15) is 9.18 Å². The van der Waals surface area contributed by atoms with Gasteiger partial charge in [-0.05, 0) is 39.0 Å². The number of piperazine rings is 1. The van der Waals surface area contributed by atoms with E-state index in [4.69, 9.17) is 9.47 Å². The smallest absolute Gasteiger partial charge is 0.410 e. The summed E-state index contributed by atoms with van der Waals surface area (Å²) in [5.41, 5.74) is 0.315. The number of benzene rings is 1. The average molecular weight is 310 g/mol. The van der Waals surface area contributed by atoms with Gasteiger partial charge < -0.3 is 19.7 Å². The molecule has 2 atom stereocenters. The molecule has 1 saturated heterocycles. The zero-order valence-corrected chi connectivity index (χ0v) is 13.3. The zero-order chi connectivity index (χ0) is 16.1. The Bertz CT molecular complexity index is 514. The molecular weight excluding hydrogens is 287 g/mol. The van der Waals surface area contributed by atoms with Crippen molar-refractivity contribution in [2.24, 2.45) is 0 Å². The van der Waals surface area contributed by atoms with Crippen LogP contribution in [0.1, 0.15) is 26.3 Å². The van der Waals surface area contributed by atoms with Crippen molar-refractivity contribution in [3.63, 3.8) is 0 Å². The summed E-state index contributed by atoms with van der Waals surface area (Å²) in [6.07, 6.45) is -0.414. The van der Waals surface area contributed by atoms with Crippen LogP contribution in [0.3, 0.4) is 0 Å². The number of nitrogens with zero attached hydrogens (tertiary/aromatic N) is 1. The molecular formula is C16H23FN2O3. The van der Waals surface area contributed by atoms with Crippen LogP contribution in [0, 0.1) is 5.82 Å². The summed E-state index contributed by atoms with van der Waals surface area (Å²) in [5.74, 6) is 0.163. The first-order valence-corrected chi connectivity index (χ1v) is 7.60. The Hall–Kier alpha value is -1.82. The van der Waals surface area contributed by atoms with Crippen molar-refractivity contribution in [3.05, 3.63) is 29.6 Å². The van der Waals surface area contributed by atoms with Crippen LogP contribution < -0.4 is 10.1 Å². The van der Waals surface area contributed by atoms with E-state index in [2.05, 4.69) is 5.32 Å². The Morgan fingerprint density at radius 1 is 1.36 bits per heavy atom. The predicted octanol–water partition coefficient (Wildman–Crippen LogP) is 2.54. The van der Waals surface area contributed by atoms with Crippen molar-refractivity contribution < 1.29 is 18.7 Å². The van der Waals surface area contributed by atoms with E-state index >= 15 is 0 Å². The van der Waals surface area contributed by atoms with Crippen LogP contribution in [-0.2, 0) is 11.3 Å². The molecule has 22 heavy (non-hydrogen) atoms. The van der Waals surface area contributed by atoms with Crippen molar-refractivity contribution in [1.82, 2.24) is 10.2 Å². The molecule has 0 bridgehead atoms. The molecule has 0 aromatic heterocycles. The maximum Gasteiger partial charge on any atom is 0.410 e. The average Bonchev–Trinajstić information content (AvgIpc) is 2.48. The number of carbonyl (C=O) groups excluding carboxylic acids is 1. The SMILES string of the molecule is CCOc1ccc(F)c(COC(=O)N2C(C)CNCC2C)c1. The second kappa shape index (κ2) is 7.45. The first kappa shape index (κ1) is 16.5. The minimum absolute atomic E-state index is 0.0517. The molecule has 1 aliphatic heterocycles. The first-order chi connectivity index (χ1) is 10.5. The highest BCUT2D eigenvalue weighted by atomic mass is 19.1. The van der Waals surface area contributed by atoms with Gasteiger partial charge in [0.2, 0.25) is 0 Å². The van der Waals surface area contributed by atoms with Gasteiger partial charge in [-0.1, -0.05) is 0 Å². The summed E-state index contributed by atoms with van der Waals surface area (Å²) in [4.78, 5) is 13.9. The number of ether oxygens (including phenoxy) is 2. The lowest BCUT2D eigenvalue weighted by Gasteiger charge is -2.38. The van der Waals surface area contributed by atoms with Gasteiger partial charge in [-0.2, -0.15) is 0 Å². The first-order valence-electron chi connectivity index (χ1n) is 7.60. The molecule has 1 amide bonds. The van der Waals surface area contributed by atoms with Crippen LogP contribution in [0.2, 0.25) is 0 Å². The predicted molar refractivity (Wildman–Crippen MR) is 81.4 cm³/mol. The van der Waals surface area contributed by atoms with Gasteiger partial charge in [0.1, 0.15) is 18.2 Å². The van der Waals surface area contributed by atoms with Crippen molar-refractivity contribution >= 4 is 6.09 Å². The topological polar surface area (TPSA) is 50.8 Å². The van der Waals surface area contributed by atoms with Crippen LogP contribution in [0.4, 0.5) is 9.18 Å². The van der Waals surface area contributed by atoms with Gasteiger partial charge in [-0.15, -0.1) is 0 Å². The standard InChI is InChI=1S/C16H23FN2O3/c1-4-21-14-5-6-15(17)13(7-14)10-22-16(20)19-11(2)8-18-9-12(19)3/h5-7,11-12,18H,4,8-10H2,1-3H3. The fraction of sp³-hybridized carbons (Fsp3) is 0.562. The van der Waals surface area contributed by atoms with Gasteiger partial charge in [-0.3, -0.25) is 0 Å². The quantitative estimate of drug-likeness (QED) is 0.928. The molecule has 122 valence electrons. The van der Waals surface area contributed by atoms with Crippen molar-refractivity contribution in [1.29, 1.82) is 0 Å². The van der Waals surface area contributed by atoms with Crippen LogP contribution in [0.15, 0.2) is 18.2 Å². The van der Waals surface area contributed by atoms with Gasteiger partial charge in [0.05, 0.1) is 6.61 Å². The number of carbonyl (C=O) groups is 1. The molecule has 1 aromatic rings. The summed E-state index contributed by atoms with van der Waals surface area (Å²) in [7, 11) is 0. The molecule has 1 N–H and O–H groups in total. The summed E-state index contributed by atoms with van der Waals surface area (Å²) >= 11 is 0. The minimum Gasteiger partial charge on any atom is -0.494 e. The Morgan fingerprint density at radius 2 is 2.05 bits per heavy atom. The number of halogens is 1. The highest BCUT2D eigenvalue weighted by Crippen LogP contribution is 2.19. The lowest BCUT2D eigenvalue weighted by Crippen LogP contribution is -2.57. The van der Waals surface area contributed by atoms with E-state index < -0.39 is 11.9 Å². The molecule has 2 rings (SSSR count). The third-order valence-corrected chi connectivity index (χ3v) is 3.72. The Kier molecular flexibility index (Phi) is 5.60. The van der Waals surface area contributed by atoms with E-state index in [1.165, 1.54) is 6.07 Å². The number of rotatable bonds is 4. The molecule has 5 nitrogen and oxygen atoms in total. The van der Waals surface area contributed by atoms with Gasteiger partial charge >= 0.3 is 6.09 Å².